The zero-order valence-corrected chi connectivity index (χ0v) is 25.6. The summed E-state index contributed by atoms with van der Waals surface area (Å²) in [5, 5.41) is 0. The first kappa shape index (κ1) is 33.2. The van der Waals surface area contributed by atoms with Crippen LogP contribution in [0.4, 0.5) is 0 Å². The molecule has 7 heteroatoms. The van der Waals surface area contributed by atoms with Gasteiger partial charge in [-0.1, -0.05) is 71.3 Å². The first-order valence-corrected chi connectivity index (χ1v) is 15.2. The highest BCUT2D eigenvalue weighted by Gasteiger charge is 2.25. The number of rotatable bonds is 21. The SMILES string of the molecule is CCCCCCCCCCCC(=O)N(CC(=O)N(CCc1ccc(OC)c(OC)c1)Cc1ccco1)C(C)CC. The molecule has 1 aromatic carbocycles. The summed E-state index contributed by atoms with van der Waals surface area (Å²) in [6, 6.07) is 9.50. The molecule has 1 aromatic heterocycles. The average molecular weight is 557 g/mol. The molecule has 1 unspecified atom stereocenters. The first-order valence-electron chi connectivity index (χ1n) is 15.2. The van der Waals surface area contributed by atoms with E-state index >= 15 is 0 Å². The van der Waals surface area contributed by atoms with Gasteiger partial charge >= 0.3 is 0 Å². The Balaban J connectivity index is 1.97. The van der Waals surface area contributed by atoms with Crippen LogP contribution >= 0.6 is 0 Å². The molecule has 7 nitrogen and oxygen atoms in total. The quantitative estimate of drug-likeness (QED) is 0.150. The molecule has 1 atom stereocenters. The van der Waals surface area contributed by atoms with Crippen LogP contribution < -0.4 is 9.47 Å². The fourth-order valence-corrected chi connectivity index (χ4v) is 4.87. The Kier molecular flexibility index (Phi) is 15.9. The third-order valence-electron chi connectivity index (χ3n) is 7.64. The number of hydrogen-bond donors (Lipinski definition) is 0. The van der Waals surface area contributed by atoms with Gasteiger partial charge in [-0.3, -0.25) is 9.59 Å². The van der Waals surface area contributed by atoms with Gasteiger partial charge in [0, 0.05) is 19.0 Å². The van der Waals surface area contributed by atoms with E-state index < -0.39 is 0 Å². The van der Waals surface area contributed by atoms with E-state index in [1.807, 2.05) is 37.3 Å². The molecule has 0 radical (unpaired) electrons. The number of methoxy groups -OCH3 is 2. The third kappa shape index (κ3) is 11.6. The van der Waals surface area contributed by atoms with Crippen LogP contribution in [0.1, 0.15) is 103 Å². The van der Waals surface area contributed by atoms with Crippen molar-refractivity contribution in [2.24, 2.45) is 0 Å². The molecule has 2 aromatic rings. The number of unbranched alkanes of at least 4 members (excludes halogenated alkanes) is 8. The van der Waals surface area contributed by atoms with Crippen molar-refractivity contribution >= 4 is 11.8 Å². The number of amides is 2. The monoisotopic (exact) mass is 556 g/mol. The Morgan fingerprint density at radius 3 is 2.15 bits per heavy atom. The Morgan fingerprint density at radius 2 is 1.55 bits per heavy atom. The normalized spacial score (nSPS) is 11.7. The second-order valence-electron chi connectivity index (χ2n) is 10.7. The van der Waals surface area contributed by atoms with E-state index in [2.05, 4.69) is 13.8 Å². The largest absolute Gasteiger partial charge is 0.493 e. The lowest BCUT2D eigenvalue weighted by Gasteiger charge is -2.31. The zero-order valence-electron chi connectivity index (χ0n) is 25.6. The van der Waals surface area contributed by atoms with Crippen LogP contribution in [-0.2, 0) is 22.6 Å². The standard InChI is InChI=1S/C33H52N2O5/c1-6-8-9-10-11-12-13-14-15-18-32(36)35(27(3)7-2)26-33(37)34(25-29-17-16-23-40-29)22-21-28-19-20-30(38-4)31(24-28)39-5/h16-17,19-20,23-24,27H,6-15,18,21-22,25-26H2,1-5H3. The summed E-state index contributed by atoms with van der Waals surface area (Å²) < 4.78 is 16.3. The number of furan rings is 1. The highest BCUT2D eigenvalue weighted by atomic mass is 16.5. The van der Waals surface area contributed by atoms with Crippen LogP contribution in [0, 0.1) is 0 Å². The molecule has 0 saturated heterocycles. The van der Waals surface area contributed by atoms with Crippen molar-refractivity contribution in [1.82, 2.24) is 9.80 Å². The Bertz CT molecular complexity index is 975. The summed E-state index contributed by atoms with van der Waals surface area (Å²) in [6.07, 6.45) is 14.5. The number of nitrogens with zero attached hydrogens (tertiary/aromatic N) is 2. The molecule has 0 bridgehead atoms. The molecule has 40 heavy (non-hydrogen) atoms. The predicted molar refractivity (Wildman–Crippen MR) is 161 cm³/mol. The molecule has 0 aliphatic carbocycles. The Labute approximate surface area is 242 Å². The van der Waals surface area contributed by atoms with E-state index in [0.29, 0.717) is 37.4 Å². The van der Waals surface area contributed by atoms with Crippen molar-refractivity contribution in [2.45, 2.75) is 110 Å². The summed E-state index contributed by atoms with van der Waals surface area (Å²) in [7, 11) is 3.23. The molecule has 0 aliphatic heterocycles. The van der Waals surface area contributed by atoms with E-state index in [4.69, 9.17) is 13.9 Å². The third-order valence-corrected chi connectivity index (χ3v) is 7.64. The van der Waals surface area contributed by atoms with E-state index in [9.17, 15) is 9.59 Å². The molecule has 0 N–H and O–H groups in total. The highest BCUT2D eigenvalue weighted by molar-refractivity contribution is 5.85. The van der Waals surface area contributed by atoms with Crippen molar-refractivity contribution < 1.29 is 23.5 Å². The maximum Gasteiger partial charge on any atom is 0.242 e. The van der Waals surface area contributed by atoms with Gasteiger partial charge in [-0.05, 0) is 56.0 Å². The summed E-state index contributed by atoms with van der Waals surface area (Å²) >= 11 is 0. The van der Waals surface area contributed by atoms with Gasteiger partial charge in [0.15, 0.2) is 11.5 Å². The van der Waals surface area contributed by atoms with Gasteiger partial charge in [-0.25, -0.2) is 0 Å². The molecule has 0 saturated carbocycles. The van der Waals surface area contributed by atoms with E-state index in [1.54, 1.807) is 30.3 Å². The van der Waals surface area contributed by atoms with Gasteiger partial charge in [-0.15, -0.1) is 0 Å². The van der Waals surface area contributed by atoms with Crippen LogP contribution in [0.5, 0.6) is 11.5 Å². The number of carbonyl (C=O) groups is 2. The molecular formula is C33H52N2O5. The molecular weight excluding hydrogens is 504 g/mol. The smallest absolute Gasteiger partial charge is 0.242 e. The zero-order chi connectivity index (χ0) is 29.2. The minimum absolute atomic E-state index is 0.00586. The Hall–Kier alpha value is -2.96. The average Bonchev–Trinajstić information content (AvgIpc) is 3.49. The second kappa shape index (κ2) is 19.2. The van der Waals surface area contributed by atoms with E-state index in [1.165, 1.54) is 44.9 Å². The van der Waals surface area contributed by atoms with E-state index in [-0.39, 0.29) is 24.4 Å². The van der Waals surface area contributed by atoms with Crippen molar-refractivity contribution in [2.75, 3.05) is 27.3 Å². The van der Waals surface area contributed by atoms with Gasteiger partial charge in [0.05, 0.1) is 27.0 Å². The van der Waals surface area contributed by atoms with Gasteiger partial charge in [0.2, 0.25) is 11.8 Å². The maximum atomic E-state index is 13.6. The number of carbonyl (C=O) groups excluding carboxylic acids is 2. The van der Waals surface area contributed by atoms with Crippen molar-refractivity contribution in [3.63, 3.8) is 0 Å². The van der Waals surface area contributed by atoms with Gasteiger partial charge < -0.3 is 23.7 Å². The number of ether oxygens (including phenoxy) is 2. The maximum absolute atomic E-state index is 13.6. The fourth-order valence-electron chi connectivity index (χ4n) is 4.87. The lowest BCUT2D eigenvalue weighted by Crippen LogP contribution is -2.46. The molecule has 2 rings (SSSR count). The predicted octanol–water partition coefficient (Wildman–Crippen LogP) is 7.42. The molecule has 0 spiro atoms. The van der Waals surface area contributed by atoms with Crippen molar-refractivity contribution in [3.8, 4) is 11.5 Å². The van der Waals surface area contributed by atoms with Crippen LogP contribution in [0.2, 0.25) is 0 Å². The van der Waals surface area contributed by atoms with Crippen LogP contribution in [-0.4, -0.2) is 55.0 Å². The van der Waals surface area contributed by atoms with E-state index in [0.717, 1.165) is 30.6 Å². The lowest BCUT2D eigenvalue weighted by molar-refractivity contribution is -0.142. The topological polar surface area (TPSA) is 72.2 Å². The van der Waals surface area contributed by atoms with Gasteiger partial charge in [0.1, 0.15) is 12.3 Å². The minimum atomic E-state index is -0.0717. The van der Waals surface area contributed by atoms with Crippen LogP contribution in [0.3, 0.4) is 0 Å². The van der Waals surface area contributed by atoms with Gasteiger partial charge in [-0.2, -0.15) is 0 Å². The van der Waals surface area contributed by atoms with Gasteiger partial charge in [0.25, 0.3) is 0 Å². The summed E-state index contributed by atoms with van der Waals surface area (Å²) in [6.45, 7) is 7.27. The summed E-state index contributed by atoms with van der Waals surface area (Å²) in [5.74, 6) is 2.05. The number of hydrogen-bond acceptors (Lipinski definition) is 5. The Morgan fingerprint density at radius 1 is 0.875 bits per heavy atom. The molecule has 0 aliphatic rings. The van der Waals surface area contributed by atoms with Crippen molar-refractivity contribution in [1.29, 1.82) is 0 Å². The first-order chi connectivity index (χ1) is 19.4. The molecule has 1 heterocycles. The lowest BCUT2D eigenvalue weighted by atomic mass is 10.1. The summed E-state index contributed by atoms with van der Waals surface area (Å²) in [5.41, 5.74) is 1.04. The minimum Gasteiger partial charge on any atom is -0.493 e. The summed E-state index contributed by atoms with van der Waals surface area (Å²) in [4.78, 5) is 30.4. The fraction of sp³-hybridized carbons (Fsp3) is 0.636. The molecule has 224 valence electrons. The van der Waals surface area contributed by atoms with Crippen LogP contribution in [0.25, 0.3) is 0 Å². The van der Waals surface area contributed by atoms with Crippen molar-refractivity contribution in [3.05, 3.63) is 47.9 Å². The number of benzene rings is 1. The second-order valence-corrected chi connectivity index (χ2v) is 10.7. The highest BCUT2D eigenvalue weighted by Crippen LogP contribution is 2.28. The molecule has 2 amide bonds. The van der Waals surface area contributed by atoms with Crippen LogP contribution in [0.15, 0.2) is 41.0 Å². The molecule has 0 fully saturated rings.